The van der Waals surface area contributed by atoms with Crippen molar-refractivity contribution in [1.29, 1.82) is 0 Å². The van der Waals surface area contributed by atoms with Crippen LogP contribution in [0.15, 0.2) is 45.8 Å². The Balaban J connectivity index is 1.51. The molecule has 0 radical (unpaired) electrons. The summed E-state index contributed by atoms with van der Waals surface area (Å²) in [6, 6.07) is 7.67. The second-order valence-electron chi connectivity index (χ2n) is 6.47. The smallest absolute Gasteiger partial charge is 0.257 e. The van der Waals surface area contributed by atoms with Crippen LogP contribution in [-0.4, -0.2) is 26.2 Å². The van der Waals surface area contributed by atoms with Gasteiger partial charge in [0.15, 0.2) is 5.16 Å². The highest BCUT2D eigenvalue weighted by atomic mass is 32.2. The molecule has 138 valence electrons. The number of thioether (sulfide) groups is 1. The van der Waals surface area contributed by atoms with Crippen molar-refractivity contribution in [3.8, 4) is 11.3 Å². The van der Waals surface area contributed by atoms with E-state index in [0.29, 0.717) is 23.0 Å². The molecule has 3 aromatic rings. The van der Waals surface area contributed by atoms with Crippen molar-refractivity contribution in [2.24, 2.45) is 5.92 Å². The van der Waals surface area contributed by atoms with Crippen LogP contribution in [0.2, 0.25) is 0 Å². The molecule has 27 heavy (non-hydrogen) atoms. The van der Waals surface area contributed by atoms with E-state index in [2.05, 4.69) is 15.3 Å². The number of nitrogens with zero attached hydrogens (tertiary/aromatic N) is 3. The number of aryl methyl sites for hydroxylation is 2. The van der Waals surface area contributed by atoms with Crippen molar-refractivity contribution in [1.82, 2.24) is 14.5 Å². The summed E-state index contributed by atoms with van der Waals surface area (Å²) in [5.41, 5.74) is 3.12. The van der Waals surface area contributed by atoms with Crippen molar-refractivity contribution in [3.05, 3.63) is 56.8 Å². The molecule has 1 unspecified atom stereocenters. The first-order valence-electron chi connectivity index (χ1n) is 8.54. The third kappa shape index (κ3) is 3.68. The molecule has 0 bridgehead atoms. The van der Waals surface area contributed by atoms with Crippen LogP contribution in [-0.2, 0) is 11.3 Å². The minimum Gasteiger partial charge on any atom is -0.326 e. The van der Waals surface area contributed by atoms with Crippen LogP contribution < -0.4 is 10.9 Å². The largest absolute Gasteiger partial charge is 0.326 e. The molecule has 1 aliphatic rings. The number of hydrogen-bond donors (Lipinski definition) is 1. The summed E-state index contributed by atoms with van der Waals surface area (Å²) in [7, 11) is 0. The molecule has 1 N–H and O–H groups in total. The number of aromatic nitrogens is 3. The Kier molecular flexibility index (Phi) is 4.84. The number of carbonyl (C=O) groups excluding carboxylic acids is 1. The zero-order valence-corrected chi connectivity index (χ0v) is 16.6. The van der Waals surface area contributed by atoms with Crippen molar-refractivity contribution in [3.63, 3.8) is 0 Å². The van der Waals surface area contributed by atoms with Crippen LogP contribution in [0.4, 0.5) is 5.69 Å². The topological polar surface area (TPSA) is 76.9 Å². The lowest BCUT2D eigenvalue weighted by molar-refractivity contribution is -0.119. The predicted molar refractivity (Wildman–Crippen MR) is 108 cm³/mol. The van der Waals surface area contributed by atoms with E-state index in [1.807, 2.05) is 36.6 Å². The molecule has 0 saturated carbocycles. The van der Waals surface area contributed by atoms with Gasteiger partial charge >= 0.3 is 0 Å². The van der Waals surface area contributed by atoms with E-state index in [0.717, 1.165) is 22.0 Å². The Hall–Kier alpha value is -2.45. The Morgan fingerprint density at radius 3 is 2.96 bits per heavy atom. The molecular weight excluding hydrogens is 380 g/mol. The number of rotatable bonds is 3. The molecule has 3 heterocycles. The van der Waals surface area contributed by atoms with Crippen LogP contribution >= 0.6 is 23.1 Å². The number of nitrogens with one attached hydrogen (secondary N) is 1. The fourth-order valence-electron chi connectivity index (χ4n) is 2.96. The molecule has 8 heteroatoms. The standard InChI is InChI=1S/C19H18N4O2S2/c1-11-7-20-19-23(18(11)25)8-14(9-27-19)17(24)22-15-5-3-4-13(6-15)16-10-26-12(2)21-16/h3-7,10,14H,8-9H2,1-2H3,(H,22,24). The molecule has 1 atom stereocenters. The average molecular weight is 399 g/mol. The molecule has 0 spiro atoms. The summed E-state index contributed by atoms with van der Waals surface area (Å²) < 4.78 is 1.60. The lowest BCUT2D eigenvalue weighted by Crippen LogP contribution is -2.37. The van der Waals surface area contributed by atoms with Gasteiger partial charge in [-0.25, -0.2) is 9.97 Å². The first-order chi connectivity index (χ1) is 13.0. The van der Waals surface area contributed by atoms with E-state index < -0.39 is 0 Å². The highest BCUT2D eigenvalue weighted by Gasteiger charge is 2.27. The monoisotopic (exact) mass is 398 g/mol. The number of thiazole rings is 1. The van der Waals surface area contributed by atoms with Crippen LogP contribution in [0.25, 0.3) is 11.3 Å². The third-order valence-electron chi connectivity index (χ3n) is 4.41. The summed E-state index contributed by atoms with van der Waals surface area (Å²) in [6.45, 7) is 4.06. The van der Waals surface area contributed by atoms with E-state index in [1.165, 1.54) is 11.8 Å². The van der Waals surface area contributed by atoms with Gasteiger partial charge in [-0.3, -0.25) is 14.2 Å². The summed E-state index contributed by atoms with van der Waals surface area (Å²) in [5.74, 6) is 0.230. The molecule has 0 aliphatic carbocycles. The highest BCUT2D eigenvalue weighted by Crippen LogP contribution is 2.27. The van der Waals surface area contributed by atoms with E-state index in [1.54, 1.807) is 29.0 Å². The Morgan fingerprint density at radius 1 is 1.33 bits per heavy atom. The van der Waals surface area contributed by atoms with Gasteiger partial charge in [0, 0.05) is 40.7 Å². The number of fused-ring (bicyclic) bond motifs is 1. The molecule has 4 rings (SSSR count). The van der Waals surface area contributed by atoms with Crippen molar-refractivity contribution in [2.45, 2.75) is 25.5 Å². The van der Waals surface area contributed by atoms with Crippen LogP contribution in [0.5, 0.6) is 0 Å². The fourth-order valence-corrected chi connectivity index (χ4v) is 4.63. The first kappa shape index (κ1) is 17.9. The maximum absolute atomic E-state index is 12.8. The summed E-state index contributed by atoms with van der Waals surface area (Å²) in [4.78, 5) is 33.9. The molecule has 2 aromatic heterocycles. The van der Waals surface area contributed by atoms with Gasteiger partial charge in [-0.2, -0.15) is 0 Å². The second kappa shape index (κ2) is 7.28. The van der Waals surface area contributed by atoms with Crippen molar-refractivity contribution >= 4 is 34.7 Å². The summed E-state index contributed by atoms with van der Waals surface area (Å²) >= 11 is 3.04. The molecule has 1 aliphatic heterocycles. The van der Waals surface area contributed by atoms with E-state index in [9.17, 15) is 9.59 Å². The lowest BCUT2D eigenvalue weighted by atomic mass is 10.1. The summed E-state index contributed by atoms with van der Waals surface area (Å²) in [6.07, 6.45) is 1.59. The van der Waals surface area contributed by atoms with Gasteiger partial charge in [0.1, 0.15) is 0 Å². The lowest BCUT2D eigenvalue weighted by Gasteiger charge is -2.24. The molecule has 6 nitrogen and oxygen atoms in total. The maximum atomic E-state index is 12.8. The molecule has 1 amide bonds. The van der Waals surface area contributed by atoms with Gasteiger partial charge in [-0.1, -0.05) is 23.9 Å². The quantitative estimate of drug-likeness (QED) is 0.685. The Labute approximate surface area is 164 Å². The van der Waals surface area contributed by atoms with Gasteiger partial charge in [-0.05, 0) is 26.0 Å². The number of anilines is 1. The zero-order chi connectivity index (χ0) is 19.0. The minimum atomic E-state index is -0.283. The van der Waals surface area contributed by atoms with Crippen molar-refractivity contribution < 1.29 is 4.79 Å². The van der Waals surface area contributed by atoms with Gasteiger partial charge in [0.25, 0.3) is 5.56 Å². The predicted octanol–water partition coefficient (Wildman–Crippen LogP) is 3.34. The van der Waals surface area contributed by atoms with Gasteiger partial charge < -0.3 is 5.32 Å². The fraction of sp³-hybridized carbons (Fsp3) is 0.263. The normalized spacial score (nSPS) is 16.0. The number of benzene rings is 1. The number of hydrogen-bond acceptors (Lipinski definition) is 6. The molecule has 0 saturated heterocycles. The Morgan fingerprint density at radius 2 is 2.19 bits per heavy atom. The second-order valence-corrected chi connectivity index (χ2v) is 8.52. The average Bonchev–Trinajstić information content (AvgIpc) is 3.11. The molecular formula is C19H18N4O2S2. The van der Waals surface area contributed by atoms with Crippen LogP contribution in [0.3, 0.4) is 0 Å². The zero-order valence-electron chi connectivity index (χ0n) is 14.9. The van der Waals surface area contributed by atoms with Gasteiger partial charge in [0.05, 0.1) is 16.6 Å². The number of amides is 1. The van der Waals surface area contributed by atoms with E-state index >= 15 is 0 Å². The SMILES string of the molecule is Cc1nc(-c2cccc(NC(=O)C3CSc4ncc(C)c(=O)n4C3)c2)cs1. The van der Waals surface area contributed by atoms with Crippen LogP contribution in [0, 0.1) is 19.8 Å². The Bertz CT molecular complexity index is 1070. The third-order valence-corrected chi connectivity index (χ3v) is 6.34. The first-order valence-corrected chi connectivity index (χ1v) is 10.4. The highest BCUT2D eigenvalue weighted by molar-refractivity contribution is 7.99. The van der Waals surface area contributed by atoms with Crippen LogP contribution in [0.1, 0.15) is 10.6 Å². The van der Waals surface area contributed by atoms with Gasteiger partial charge in [-0.15, -0.1) is 11.3 Å². The van der Waals surface area contributed by atoms with E-state index in [-0.39, 0.29) is 17.4 Å². The molecule has 0 fully saturated rings. The van der Waals surface area contributed by atoms with Gasteiger partial charge in [0.2, 0.25) is 5.91 Å². The molecule has 1 aromatic carbocycles. The minimum absolute atomic E-state index is 0.0779. The summed E-state index contributed by atoms with van der Waals surface area (Å²) in [5, 5.41) is 6.67. The van der Waals surface area contributed by atoms with E-state index in [4.69, 9.17) is 0 Å². The van der Waals surface area contributed by atoms with Crippen molar-refractivity contribution in [2.75, 3.05) is 11.1 Å². The maximum Gasteiger partial charge on any atom is 0.257 e. The number of carbonyl (C=O) groups is 1.